The quantitative estimate of drug-likeness (QED) is 0.856. The number of rotatable bonds is 3. The van der Waals surface area contributed by atoms with Crippen LogP contribution in [0.4, 0.5) is 4.39 Å². The Bertz CT molecular complexity index is 494. The molecule has 4 heteroatoms. The molecule has 3 nitrogen and oxygen atoms in total. The maximum Gasteiger partial charge on any atom is 0.140 e. The second kappa shape index (κ2) is 4.45. The molecule has 0 unspecified atom stereocenters. The SMILES string of the molecule is Cn1cc(CCO)nc1-c1cccc(F)c1. The van der Waals surface area contributed by atoms with E-state index in [2.05, 4.69) is 4.98 Å². The summed E-state index contributed by atoms with van der Waals surface area (Å²) in [6.45, 7) is 0.0691. The fourth-order valence-corrected chi connectivity index (χ4v) is 1.66. The molecular formula is C12H13FN2O. The molecule has 0 aliphatic heterocycles. The van der Waals surface area contributed by atoms with Crippen LogP contribution in [0.25, 0.3) is 11.4 Å². The van der Waals surface area contributed by atoms with Gasteiger partial charge in [-0.05, 0) is 12.1 Å². The Morgan fingerprint density at radius 1 is 1.44 bits per heavy atom. The lowest BCUT2D eigenvalue weighted by molar-refractivity contribution is 0.298. The van der Waals surface area contributed by atoms with Crippen molar-refractivity contribution in [2.45, 2.75) is 6.42 Å². The summed E-state index contributed by atoms with van der Waals surface area (Å²) in [6.07, 6.45) is 2.36. The van der Waals surface area contributed by atoms with Crippen LogP contribution in [0.2, 0.25) is 0 Å². The molecule has 84 valence electrons. The molecular weight excluding hydrogens is 207 g/mol. The Balaban J connectivity index is 2.40. The number of benzene rings is 1. The zero-order valence-corrected chi connectivity index (χ0v) is 9.02. The molecule has 1 heterocycles. The number of aliphatic hydroxyl groups excluding tert-OH is 1. The van der Waals surface area contributed by atoms with Gasteiger partial charge in [0.15, 0.2) is 0 Å². The summed E-state index contributed by atoms with van der Waals surface area (Å²) in [5, 5.41) is 8.83. The van der Waals surface area contributed by atoms with Crippen molar-refractivity contribution >= 4 is 0 Å². The molecule has 0 bridgehead atoms. The molecule has 1 aromatic carbocycles. The highest BCUT2D eigenvalue weighted by Crippen LogP contribution is 2.19. The molecule has 0 saturated heterocycles. The standard InChI is InChI=1S/C12H13FN2O/c1-15-8-11(5-6-16)14-12(15)9-3-2-4-10(13)7-9/h2-4,7-8,16H,5-6H2,1H3. The number of nitrogens with zero attached hydrogens (tertiary/aromatic N) is 2. The molecule has 16 heavy (non-hydrogen) atoms. The Hall–Kier alpha value is -1.68. The van der Waals surface area contributed by atoms with Gasteiger partial charge in [-0.2, -0.15) is 0 Å². The Labute approximate surface area is 93.2 Å². The molecule has 0 saturated carbocycles. The third-order valence-corrected chi connectivity index (χ3v) is 2.38. The second-order valence-electron chi connectivity index (χ2n) is 3.65. The first-order valence-electron chi connectivity index (χ1n) is 5.10. The average Bonchev–Trinajstić information content (AvgIpc) is 2.60. The lowest BCUT2D eigenvalue weighted by atomic mass is 10.2. The van der Waals surface area contributed by atoms with E-state index < -0.39 is 0 Å². The molecule has 0 radical (unpaired) electrons. The van der Waals surface area contributed by atoms with Gasteiger partial charge in [-0.15, -0.1) is 0 Å². The Kier molecular flexibility index (Phi) is 3.01. The van der Waals surface area contributed by atoms with Gasteiger partial charge >= 0.3 is 0 Å². The molecule has 2 rings (SSSR count). The molecule has 0 aliphatic rings. The van der Waals surface area contributed by atoms with Crippen LogP contribution in [0.3, 0.4) is 0 Å². The van der Waals surface area contributed by atoms with Gasteiger partial charge in [-0.1, -0.05) is 12.1 Å². The van der Waals surface area contributed by atoms with Crippen LogP contribution in [0, 0.1) is 5.82 Å². The normalized spacial score (nSPS) is 10.7. The van der Waals surface area contributed by atoms with Crippen molar-refractivity contribution in [3.63, 3.8) is 0 Å². The van der Waals surface area contributed by atoms with Crippen molar-refractivity contribution in [3.8, 4) is 11.4 Å². The number of hydrogen-bond donors (Lipinski definition) is 1. The summed E-state index contributed by atoms with van der Waals surface area (Å²) in [7, 11) is 1.86. The predicted octanol–water partition coefficient (Wildman–Crippen LogP) is 1.76. The summed E-state index contributed by atoms with van der Waals surface area (Å²) in [5.41, 5.74) is 1.55. The number of halogens is 1. The first kappa shape index (κ1) is 10.8. The lowest BCUT2D eigenvalue weighted by Crippen LogP contribution is -1.91. The smallest absolute Gasteiger partial charge is 0.140 e. The van der Waals surface area contributed by atoms with Crippen LogP contribution in [0.5, 0.6) is 0 Å². The second-order valence-corrected chi connectivity index (χ2v) is 3.65. The van der Waals surface area contributed by atoms with Crippen molar-refractivity contribution < 1.29 is 9.50 Å². The third kappa shape index (κ3) is 2.12. The van der Waals surface area contributed by atoms with Gasteiger partial charge in [-0.25, -0.2) is 9.37 Å². The zero-order valence-electron chi connectivity index (χ0n) is 9.02. The van der Waals surface area contributed by atoms with E-state index in [1.54, 1.807) is 6.07 Å². The van der Waals surface area contributed by atoms with Crippen LogP contribution in [0.1, 0.15) is 5.69 Å². The van der Waals surface area contributed by atoms with E-state index in [1.165, 1.54) is 12.1 Å². The summed E-state index contributed by atoms with van der Waals surface area (Å²) in [5.74, 6) is 0.437. The van der Waals surface area contributed by atoms with Crippen LogP contribution >= 0.6 is 0 Å². The van der Waals surface area contributed by atoms with Gasteiger partial charge in [-0.3, -0.25) is 0 Å². The van der Waals surface area contributed by atoms with Crippen LogP contribution in [-0.2, 0) is 13.5 Å². The van der Waals surface area contributed by atoms with Gasteiger partial charge in [0.2, 0.25) is 0 Å². The van der Waals surface area contributed by atoms with Gasteiger partial charge < -0.3 is 9.67 Å². The van der Waals surface area contributed by atoms with Crippen molar-refractivity contribution in [2.75, 3.05) is 6.61 Å². The first-order chi connectivity index (χ1) is 7.70. The van der Waals surface area contributed by atoms with Gasteiger partial charge in [0, 0.05) is 31.8 Å². The van der Waals surface area contributed by atoms with Gasteiger partial charge in [0.1, 0.15) is 11.6 Å². The van der Waals surface area contributed by atoms with Crippen LogP contribution < -0.4 is 0 Å². The Morgan fingerprint density at radius 3 is 2.94 bits per heavy atom. The third-order valence-electron chi connectivity index (χ3n) is 2.38. The highest BCUT2D eigenvalue weighted by atomic mass is 19.1. The van der Waals surface area contributed by atoms with E-state index in [0.717, 1.165) is 11.3 Å². The number of hydrogen-bond acceptors (Lipinski definition) is 2. The van der Waals surface area contributed by atoms with E-state index in [-0.39, 0.29) is 12.4 Å². The molecule has 0 fully saturated rings. The minimum Gasteiger partial charge on any atom is -0.396 e. The van der Waals surface area contributed by atoms with E-state index in [9.17, 15) is 4.39 Å². The van der Waals surface area contributed by atoms with Crippen molar-refractivity contribution in [2.24, 2.45) is 7.05 Å². The average molecular weight is 220 g/mol. The maximum atomic E-state index is 13.1. The van der Waals surface area contributed by atoms with Crippen LogP contribution in [0.15, 0.2) is 30.5 Å². The maximum absolute atomic E-state index is 13.1. The summed E-state index contributed by atoms with van der Waals surface area (Å²) in [6, 6.07) is 6.32. The minimum atomic E-state index is -0.274. The monoisotopic (exact) mass is 220 g/mol. The number of aromatic nitrogens is 2. The molecule has 0 amide bonds. The van der Waals surface area contributed by atoms with E-state index >= 15 is 0 Å². The first-order valence-corrected chi connectivity index (χ1v) is 5.10. The Morgan fingerprint density at radius 2 is 2.25 bits per heavy atom. The van der Waals surface area contributed by atoms with Crippen molar-refractivity contribution in [1.82, 2.24) is 9.55 Å². The van der Waals surface area contributed by atoms with Crippen molar-refractivity contribution in [1.29, 1.82) is 0 Å². The molecule has 1 aromatic heterocycles. The summed E-state index contributed by atoms with van der Waals surface area (Å²) in [4.78, 5) is 4.35. The predicted molar refractivity (Wildman–Crippen MR) is 59.4 cm³/mol. The lowest BCUT2D eigenvalue weighted by Gasteiger charge is -2.00. The zero-order chi connectivity index (χ0) is 11.5. The number of aryl methyl sites for hydroxylation is 1. The molecule has 1 N–H and O–H groups in total. The summed E-state index contributed by atoms with van der Waals surface area (Å²) >= 11 is 0. The fourth-order valence-electron chi connectivity index (χ4n) is 1.66. The van der Waals surface area contributed by atoms with Crippen molar-refractivity contribution in [3.05, 3.63) is 42.0 Å². The van der Waals surface area contributed by atoms with Gasteiger partial charge in [0.05, 0.1) is 5.69 Å². The van der Waals surface area contributed by atoms with E-state index in [4.69, 9.17) is 5.11 Å². The molecule has 0 atom stereocenters. The number of aliphatic hydroxyl groups is 1. The molecule has 0 spiro atoms. The largest absolute Gasteiger partial charge is 0.396 e. The van der Waals surface area contributed by atoms with Gasteiger partial charge in [0.25, 0.3) is 0 Å². The summed E-state index contributed by atoms with van der Waals surface area (Å²) < 4.78 is 14.9. The molecule has 2 aromatic rings. The fraction of sp³-hybridized carbons (Fsp3) is 0.250. The van der Waals surface area contributed by atoms with Crippen LogP contribution in [-0.4, -0.2) is 21.3 Å². The van der Waals surface area contributed by atoms with E-state index in [1.807, 2.05) is 23.9 Å². The van der Waals surface area contributed by atoms with E-state index in [0.29, 0.717) is 12.2 Å². The highest BCUT2D eigenvalue weighted by Gasteiger charge is 2.07. The molecule has 0 aliphatic carbocycles. The number of imidazole rings is 1. The highest BCUT2D eigenvalue weighted by molar-refractivity contribution is 5.55. The minimum absolute atomic E-state index is 0.0691. The topological polar surface area (TPSA) is 38.0 Å².